The van der Waals surface area contributed by atoms with Gasteiger partial charge in [-0.05, 0) is 30.9 Å². The standard InChI is InChI=1S/C14H26N2O/c1-5-16-9-6-7-12(16)11-15-13(8-10-17)14(2,3)4/h6-7,9,13,15,17H,5,8,10-11H2,1-4H3. The molecule has 3 nitrogen and oxygen atoms in total. The molecule has 0 aliphatic rings. The van der Waals surface area contributed by atoms with Crippen molar-refractivity contribution in [3.8, 4) is 0 Å². The molecule has 1 aromatic rings. The molecule has 3 heteroatoms. The molecule has 98 valence electrons. The van der Waals surface area contributed by atoms with Crippen molar-refractivity contribution in [2.24, 2.45) is 5.41 Å². The van der Waals surface area contributed by atoms with Gasteiger partial charge in [-0.25, -0.2) is 0 Å². The summed E-state index contributed by atoms with van der Waals surface area (Å²) >= 11 is 0. The Labute approximate surface area is 105 Å². The van der Waals surface area contributed by atoms with E-state index in [4.69, 9.17) is 5.11 Å². The highest BCUT2D eigenvalue weighted by Gasteiger charge is 2.23. The Morgan fingerprint density at radius 2 is 2.12 bits per heavy atom. The number of aliphatic hydroxyl groups is 1. The van der Waals surface area contributed by atoms with E-state index in [0.29, 0.717) is 6.04 Å². The zero-order valence-corrected chi connectivity index (χ0v) is 11.5. The summed E-state index contributed by atoms with van der Waals surface area (Å²) in [5.41, 5.74) is 1.48. The first kappa shape index (κ1) is 14.3. The van der Waals surface area contributed by atoms with Gasteiger partial charge in [-0.1, -0.05) is 20.8 Å². The van der Waals surface area contributed by atoms with Crippen molar-refractivity contribution in [2.45, 2.75) is 53.2 Å². The fourth-order valence-electron chi connectivity index (χ4n) is 2.12. The van der Waals surface area contributed by atoms with Crippen LogP contribution in [0.1, 0.15) is 39.8 Å². The number of hydrogen-bond donors (Lipinski definition) is 2. The third-order valence-corrected chi connectivity index (χ3v) is 3.26. The Hall–Kier alpha value is -0.800. The van der Waals surface area contributed by atoms with Gasteiger partial charge < -0.3 is 15.0 Å². The van der Waals surface area contributed by atoms with E-state index in [1.807, 2.05) is 0 Å². The molecule has 0 radical (unpaired) electrons. The summed E-state index contributed by atoms with van der Waals surface area (Å²) in [4.78, 5) is 0. The number of aryl methyl sites for hydroxylation is 1. The summed E-state index contributed by atoms with van der Waals surface area (Å²) in [5, 5.41) is 12.7. The maximum absolute atomic E-state index is 9.11. The van der Waals surface area contributed by atoms with Gasteiger partial charge in [0.25, 0.3) is 0 Å². The Balaban J connectivity index is 2.58. The average Bonchev–Trinajstić information content (AvgIpc) is 2.69. The molecule has 0 saturated heterocycles. The van der Waals surface area contributed by atoms with E-state index in [0.717, 1.165) is 19.5 Å². The Kier molecular flexibility index (Phi) is 5.22. The van der Waals surface area contributed by atoms with Crippen molar-refractivity contribution >= 4 is 0 Å². The van der Waals surface area contributed by atoms with Gasteiger partial charge >= 0.3 is 0 Å². The third kappa shape index (κ3) is 4.17. The summed E-state index contributed by atoms with van der Waals surface area (Å²) in [6, 6.07) is 4.57. The third-order valence-electron chi connectivity index (χ3n) is 3.26. The maximum Gasteiger partial charge on any atom is 0.0446 e. The summed E-state index contributed by atoms with van der Waals surface area (Å²) in [7, 11) is 0. The first-order valence-corrected chi connectivity index (χ1v) is 6.47. The van der Waals surface area contributed by atoms with Crippen LogP contribution in [-0.4, -0.2) is 22.3 Å². The normalized spacial score (nSPS) is 13.9. The van der Waals surface area contributed by atoms with Gasteiger partial charge in [0.1, 0.15) is 0 Å². The molecule has 0 aromatic carbocycles. The van der Waals surface area contributed by atoms with Gasteiger partial charge in [-0.15, -0.1) is 0 Å². The molecule has 1 rings (SSSR count). The predicted molar refractivity (Wildman–Crippen MR) is 71.9 cm³/mol. The van der Waals surface area contributed by atoms with E-state index < -0.39 is 0 Å². The smallest absolute Gasteiger partial charge is 0.0446 e. The average molecular weight is 238 g/mol. The SMILES string of the molecule is CCn1cccc1CNC(CCO)C(C)(C)C. The molecule has 0 spiro atoms. The highest BCUT2D eigenvalue weighted by atomic mass is 16.3. The largest absolute Gasteiger partial charge is 0.396 e. The molecule has 2 N–H and O–H groups in total. The Bertz CT molecular complexity index is 325. The molecule has 0 saturated carbocycles. The lowest BCUT2D eigenvalue weighted by molar-refractivity contribution is 0.195. The quantitative estimate of drug-likeness (QED) is 0.798. The van der Waals surface area contributed by atoms with Gasteiger partial charge in [0.15, 0.2) is 0 Å². The lowest BCUT2D eigenvalue weighted by atomic mass is 9.85. The van der Waals surface area contributed by atoms with Crippen molar-refractivity contribution in [2.75, 3.05) is 6.61 Å². The summed E-state index contributed by atoms with van der Waals surface area (Å²) in [6.07, 6.45) is 2.91. The van der Waals surface area contributed by atoms with E-state index in [9.17, 15) is 0 Å². The lowest BCUT2D eigenvalue weighted by Gasteiger charge is -2.31. The second kappa shape index (κ2) is 6.22. The summed E-state index contributed by atoms with van der Waals surface area (Å²) < 4.78 is 2.24. The molecule has 0 fully saturated rings. The minimum Gasteiger partial charge on any atom is -0.396 e. The highest BCUT2D eigenvalue weighted by molar-refractivity contribution is 5.07. The van der Waals surface area contributed by atoms with Gasteiger partial charge in [0, 0.05) is 37.6 Å². The topological polar surface area (TPSA) is 37.2 Å². The first-order chi connectivity index (χ1) is 7.99. The zero-order valence-electron chi connectivity index (χ0n) is 11.5. The molecule has 0 aliphatic heterocycles. The van der Waals surface area contributed by atoms with Gasteiger partial charge in [0.2, 0.25) is 0 Å². The second-order valence-electron chi connectivity index (χ2n) is 5.60. The van der Waals surface area contributed by atoms with E-state index in [1.54, 1.807) is 0 Å². The predicted octanol–water partition coefficient (Wildman–Crippen LogP) is 2.39. The van der Waals surface area contributed by atoms with Crippen molar-refractivity contribution in [3.05, 3.63) is 24.0 Å². The van der Waals surface area contributed by atoms with Crippen LogP contribution in [0.4, 0.5) is 0 Å². The monoisotopic (exact) mass is 238 g/mol. The molecule has 1 unspecified atom stereocenters. The van der Waals surface area contributed by atoms with Crippen LogP contribution in [0, 0.1) is 5.41 Å². The number of rotatable bonds is 6. The lowest BCUT2D eigenvalue weighted by Crippen LogP contribution is -2.40. The van der Waals surface area contributed by atoms with Gasteiger partial charge in [-0.2, -0.15) is 0 Å². The van der Waals surface area contributed by atoms with E-state index in [1.165, 1.54) is 5.69 Å². The van der Waals surface area contributed by atoms with E-state index in [-0.39, 0.29) is 12.0 Å². The van der Waals surface area contributed by atoms with Crippen molar-refractivity contribution in [1.82, 2.24) is 9.88 Å². The number of hydrogen-bond acceptors (Lipinski definition) is 2. The minimum absolute atomic E-state index is 0.173. The molecular weight excluding hydrogens is 212 g/mol. The molecule has 1 heterocycles. The van der Waals surface area contributed by atoms with E-state index in [2.05, 4.69) is 55.9 Å². The molecule has 0 aliphatic carbocycles. The number of nitrogens with zero attached hydrogens (tertiary/aromatic N) is 1. The fourth-order valence-corrected chi connectivity index (χ4v) is 2.12. The summed E-state index contributed by atoms with van der Waals surface area (Å²) in [6.45, 7) is 10.9. The molecule has 1 atom stereocenters. The molecule has 0 bridgehead atoms. The fraction of sp³-hybridized carbons (Fsp3) is 0.714. The Morgan fingerprint density at radius 1 is 1.41 bits per heavy atom. The molecule has 17 heavy (non-hydrogen) atoms. The number of aromatic nitrogens is 1. The van der Waals surface area contributed by atoms with E-state index >= 15 is 0 Å². The molecule has 0 amide bonds. The van der Waals surface area contributed by atoms with Crippen LogP contribution in [0.5, 0.6) is 0 Å². The summed E-state index contributed by atoms with van der Waals surface area (Å²) in [5.74, 6) is 0. The second-order valence-corrected chi connectivity index (χ2v) is 5.60. The van der Waals surface area contributed by atoms with Crippen LogP contribution in [0.25, 0.3) is 0 Å². The van der Waals surface area contributed by atoms with Crippen LogP contribution in [-0.2, 0) is 13.1 Å². The van der Waals surface area contributed by atoms with Gasteiger partial charge in [-0.3, -0.25) is 0 Å². The minimum atomic E-state index is 0.173. The van der Waals surface area contributed by atoms with Crippen LogP contribution in [0.15, 0.2) is 18.3 Å². The number of nitrogens with one attached hydrogen (secondary N) is 1. The molecular formula is C14H26N2O. The van der Waals surface area contributed by atoms with Crippen LogP contribution in [0.2, 0.25) is 0 Å². The van der Waals surface area contributed by atoms with Crippen molar-refractivity contribution < 1.29 is 5.11 Å². The van der Waals surface area contributed by atoms with Crippen LogP contribution < -0.4 is 5.32 Å². The van der Waals surface area contributed by atoms with Crippen LogP contribution in [0.3, 0.4) is 0 Å². The molecule has 1 aromatic heterocycles. The highest BCUT2D eigenvalue weighted by Crippen LogP contribution is 2.22. The van der Waals surface area contributed by atoms with Crippen molar-refractivity contribution in [3.63, 3.8) is 0 Å². The zero-order chi connectivity index (χ0) is 12.9. The number of aliphatic hydroxyl groups excluding tert-OH is 1. The van der Waals surface area contributed by atoms with Crippen molar-refractivity contribution in [1.29, 1.82) is 0 Å². The maximum atomic E-state index is 9.11. The van der Waals surface area contributed by atoms with Gasteiger partial charge in [0.05, 0.1) is 0 Å². The van der Waals surface area contributed by atoms with Crippen LogP contribution >= 0.6 is 0 Å². The first-order valence-electron chi connectivity index (χ1n) is 6.47. The Morgan fingerprint density at radius 3 is 2.65 bits per heavy atom.